The lowest BCUT2D eigenvalue weighted by molar-refractivity contribution is -0.145. The van der Waals surface area contributed by atoms with Crippen LogP contribution in [0.4, 0.5) is 0 Å². The molecule has 0 fully saturated rings. The molecule has 0 saturated heterocycles. The summed E-state index contributed by atoms with van der Waals surface area (Å²) < 4.78 is 0. The van der Waals surface area contributed by atoms with E-state index in [1.165, 1.54) is 20.8 Å². The maximum absolute atomic E-state index is 13.6. The summed E-state index contributed by atoms with van der Waals surface area (Å²) in [5, 5.41) is 43.8. The molecule has 0 radical (unpaired) electrons. The molecule has 51 heavy (non-hydrogen) atoms. The van der Waals surface area contributed by atoms with E-state index < -0.39 is 114 Å². The molecule has 0 aliphatic heterocycles. The number of hydrogen-bond acceptors (Lipinski definition) is 11. The van der Waals surface area contributed by atoms with Gasteiger partial charge in [-0.25, -0.2) is 4.79 Å². The van der Waals surface area contributed by atoms with Gasteiger partial charge < -0.3 is 58.7 Å². The molecule has 9 atom stereocenters. The van der Waals surface area contributed by atoms with E-state index in [2.05, 4.69) is 31.9 Å². The van der Waals surface area contributed by atoms with E-state index in [9.17, 15) is 53.7 Å². The van der Waals surface area contributed by atoms with Gasteiger partial charge in [0.25, 0.3) is 0 Å². The third-order valence-corrected chi connectivity index (χ3v) is 7.67. The Morgan fingerprint density at radius 2 is 0.902 bits per heavy atom. The van der Waals surface area contributed by atoms with Gasteiger partial charge in [-0.2, -0.15) is 0 Å². The molecular weight excluding hydrogens is 672 g/mol. The van der Waals surface area contributed by atoms with E-state index in [0.717, 1.165) is 0 Å². The standard InChI is InChI=1S/C32H58N8O11/c1-13(2)12-20(36-31(49)24(17(8)41)39-26(44)16(7)33)28(46)35-19(10-11-21(34)43)27(45)37-22(14(3)4)29(47)38-23(15(5)6)30(48)40-25(18(9)42)32(50)51/h13-20,22-25,41-42H,10-12,33H2,1-9H3,(H2,34,43)(H,35,46)(H,36,49)(H,37,45)(H,38,47)(H,39,44)(H,40,48)(H,50,51)/t16-,17+,18+,19-,20-,22-,23-,24-,25-/m0/s1. The number of carboxylic acids is 1. The number of rotatable bonds is 22. The average Bonchev–Trinajstić information content (AvgIpc) is 2.99. The van der Waals surface area contributed by atoms with Crippen molar-refractivity contribution in [1.82, 2.24) is 31.9 Å². The van der Waals surface area contributed by atoms with Crippen molar-refractivity contribution >= 4 is 47.3 Å². The van der Waals surface area contributed by atoms with Crippen molar-refractivity contribution in [2.24, 2.45) is 29.2 Å². The Bertz CT molecular complexity index is 1240. The summed E-state index contributed by atoms with van der Waals surface area (Å²) in [5.74, 6) is -8.68. The number of nitrogens with two attached hydrogens (primary N) is 2. The van der Waals surface area contributed by atoms with E-state index in [4.69, 9.17) is 11.5 Å². The molecule has 0 aliphatic carbocycles. The predicted octanol–water partition coefficient (Wildman–Crippen LogP) is -3.29. The first-order valence-electron chi connectivity index (χ1n) is 16.9. The molecule has 292 valence electrons. The first-order valence-corrected chi connectivity index (χ1v) is 16.9. The van der Waals surface area contributed by atoms with Crippen molar-refractivity contribution in [3.05, 3.63) is 0 Å². The highest BCUT2D eigenvalue weighted by molar-refractivity contribution is 5.97. The van der Waals surface area contributed by atoms with Gasteiger partial charge in [-0.3, -0.25) is 33.6 Å². The molecule has 0 aromatic heterocycles. The lowest BCUT2D eigenvalue weighted by Gasteiger charge is -2.30. The van der Waals surface area contributed by atoms with Gasteiger partial charge in [-0.15, -0.1) is 0 Å². The first kappa shape index (κ1) is 46.6. The van der Waals surface area contributed by atoms with Gasteiger partial charge in [0.15, 0.2) is 6.04 Å². The summed E-state index contributed by atoms with van der Waals surface area (Å²) >= 11 is 0. The molecule has 0 unspecified atom stereocenters. The van der Waals surface area contributed by atoms with Crippen LogP contribution in [0.3, 0.4) is 0 Å². The topological polar surface area (TPSA) is 321 Å². The molecule has 0 aliphatic rings. The molecule has 7 amide bonds. The molecule has 0 saturated carbocycles. The fourth-order valence-corrected chi connectivity index (χ4v) is 4.68. The second-order valence-corrected chi connectivity index (χ2v) is 13.8. The van der Waals surface area contributed by atoms with Gasteiger partial charge in [0.2, 0.25) is 41.4 Å². The van der Waals surface area contributed by atoms with Gasteiger partial charge in [-0.05, 0) is 51.4 Å². The number of carboxylic acid groups (broad SMARTS) is 1. The minimum absolute atomic E-state index is 0.0585. The van der Waals surface area contributed by atoms with E-state index in [1.807, 2.05) is 0 Å². The number of aliphatic hydroxyl groups excluding tert-OH is 2. The monoisotopic (exact) mass is 730 g/mol. The molecule has 0 aromatic carbocycles. The second kappa shape index (κ2) is 21.8. The summed E-state index contributed by atoms with van der Waals surface area (Å²) in [4.78, 5) is 102. The number of nitrogens with one attached hydrogen (secondary N) is 6. The number of carbonyl (C=O) groups excluding carboxylic acids is 7. The Hall–Kier alpha value is -4.36. The lowest BCUT2D eigenvalue weighted by Crippen LogP contribution is -2.62. The largest absolute Gasteiger partial charge is 0.480 e. The quantitative estimate of drug-likeness (QED) is 0.0522. The molecule has 19 nitrogen and oxygen atoms in total. The summed E-state index contributed by atoms with van der Waals surface area (Å²) in [6, 6.07) is -9.40. The molecule has 0 spiro atoms. The van der Waals surface area contributed by atoms with Crippen molar-refractivity contribution in [2.75, 3.05) is 0 Å². The summed E-state index contributed by atoms with van der Waals surface area (Å²) in [6.07, 6.45) is -3.41. The summed E-state index contributed by atoms with van der Waals surface area (Å²) in [6.45, 7) is 13.7. The van der Waals surface area contributed by atoms with Crippen LogP contribution in [-0.4, -0.2) is 117 Å². The normalized spacial score (nSPS) is 16.7. The van der Waals surface area contributed by atoms with Crippen LogP contribution in [0.25, 0.3) is 0 Å². The fourth-order valence-electron chi connectivity index (χ4n) is 4.68. The van der Waals surface area contributed by atoms with Crippen molar-refractivity contribution in [2.45, 2.75) is 136 Å². The highest BCUT2D eigenvalue weighted by atomic mass is 16.4. The van der Waals surface area contributed by atoms with Gasteiger partial charge in [-0.1, -0.05) is 41.5 Å². The third kappa shape index (κ3) is 16.5. The van der Waals surface area contributed by atoms with Crippen LogP contribution in [0, 0.1) is 17.8 Å². The maximum Gasteiger partial charge on any atom is 0.328 e. The Labute approximate surface area is 298 Å². The van der Waals surface area contributed by atoms with Crippen LogP contribution in [0.15, 0.2) is 0 Å². The van der Waals surface area contributed by atoms with Crippen molar-refractivity contribution in [3.63, 3.8) is 0 Å². The summed E-state index contributed by atoms with van der Waals surface area (Å²) in [5.41, 5.74) is 10.9. The fraction of sp³-hybridized carbons (Fsp3) is 0.750. The van der Waals surface area contributed by atoms with Gasteiger partial charge in [0.1, 0.15) is 30.2 Å². The number of carbonyl (C=O) groups is 8. The van der Waals surface area contributed by atoms with Crippen molar-refractivity contribution in [3.8, 4) is 0 Å². The molecule has 0 aromatic rings. The minimum Gasteiger partial charge on any atom is -0.480 e. The Kier molecular flexibility index (Phi) is 19.9. The highest BCUT2D eigenvalue weighted by Gasteiger charge is 2.36. The molecular formula is C32H58N8O11. The molecule has 0 heterocycles. The van der Waals surface area contributed by atoms with E-state index in [1.54, 1.807) is 41.5 Å². The lowest BCUT2D eigenvalue weighted by atomic mass is 9.98. The maximum atomic E-state index is 13.6. The zero-order valence-electron chi connectivity index (χ0n) is 30.8. The minimum atomic E-state index is -1.65. The molecule has 0 rings (SSSR count). The predicted molar refractivity (Wildman–Crippen MR) is 184 cm³/mol. The Morgan fingerprint density at radius 1 is 0.529 bits per heavy atom. The second-order valence-electron chi connectivity index (χ2n) is 13.8. The van der Waals surface area contributed by atoms with Crippen LogP contribution < -0.4 is 43.4 Å². The van der Waals surface area contributed by atoms with E-state index >= 15 is 0 Å². The van der Waals surface area contributed by atoms with Crippen LogP contribution in [0.5, 0.6) is 0 Å². The smallest absolute Gasteiger partial charge is 0.328 e. The number of amides is 7. The Balaban J connectivity index is 6.23. The number of hydrogen-bond donors (Lipinski definition) is 11. The molecule has 13 N–H and O–H groups in total. The van der Waals surface area contributed by atoms with Crippen LogP contribution in [0.1, 0.15) is 81.6 Å². The highest BCUT2D eigenvalue weighted by Crippen LogP contribution is 2.11. The van der Waals surface area contributed by atoms with Crippen LogP contribution in [0.2, 0.25) is 0 Å². The number of aliphatic hydroxyl groups is 2. The van der Waals surface area contributed by atoms with Crippen LogP contribution >= 0.6 is 0 Å². The first-order chi connectivity index (χ1) is 23.4. The zero-order chi connectivity index (χ0) is 39.9. The summed E-state index contributed by atoms with van der Waals surface area (Å²) in [7, 11) is 0. The van der Waals surface area contributed by atoms with E-state index in [0.29, 0.717) is 0 Å². The van der Waals surface area contributed by atoms with Crippen LogP contribution in [-0.2, 0) is 38.4 Å². The van der Waals surface area contributed by atoms with Gasteiger partial charge in [0.05, 0.1) is 18.2 Å². The van der Waals surface area contributed by atoms with Crippen molar-refractivity contribution in [1.29, 1.82) is 0 Å². The van der Waals surface area contributed by atoms with Crippen molar-refractivity contribution < 1.29 is 53.7 Å². The number of aliphatic carboxylic acids is 1. The average molecular weight is 731 g/mol. The zero-order valence-corrected chi connectivity index (χ0v) is 30.8. The SMILES string of the molecule is CC(C)C[C@H](NC(=O)[C@@H](NC(=O)[C@H](C)N)[C@@H](C)O)C(=O)N[C@@H](CCC(N)=O)C(=O)N[C@H](C(=O)N[C@H](C(=O)N[C@H](C(=O)O)[C@@H](C)O)C(C)C)C(C)C. The Morgan fingerprint density at radius 3 is 1.27 bits per heavy atom. The van der Waals surface area contributed by atoms with Gasteiger partial charge >= 0.3 is 5.97 Å². The molecule has 0 bridgehead atoms. The van der Waals surface area contributed by atoms with Gasteiger partial charge in [0, 0.05) is 6.42 Å². The number of primary amides is 1. The van der Waals surface area contributed by atoms with E-state index in [-0.39, 0.29) is 25.2 Å². The molecule has 19 heteroatoms. The third-order valence-electron chi connectivity index (χ3n) is 7.67.